The molecule has 20 heavy (non-hydrogen) atoms. The highest BCUT2D eigenvalue weighted by atomic mass is 19.4. The van der Waals surface area contributed by atoms with Gasteiger partial charge in [-0.1, -0.05) is 19.3 Å². The van der Waals surface area contributed by atoms with E-state index in [1.807, 2.05) is 0 Å². The van der Waals surface area contributed by atoms with E-state index >= 15 is 0 Å². The van der Waals surface area contributed by atoms with Gasteiger partial charge in [0, 0.05) is 12.0 Å². The fourth-order valence-electron chi connectivity index (χ4n) is 3.28. The van der Waals surface area contributed by atoms with Crippen molar-refractivity contribution in [2.75, 3.05) is 19.6 Å². The Labute approximate surface area is 117 Å². The van der Waals surface area contributed by atoms with Gasteiger partial charge in [0.05, 0.1) is 0 Å². The number of carbonyl (C=O) groups excluding carboxylic acids is 1. The molecule has 1 amide bonds. The number of amides is 1. The molecule has 1 N–H and O–H groups in total. The van der Waals surface area contributed by atoms with Gasteiger partial charge in [0.1, 0.15) is 6.54 Å². The second-order valence-electron chi connectivity index (χ2n) is 5.90. The zero-order valence-electron chi connectivity index (χ0n) is 11.7. The molecule has 1 aliphatic heterocycles. The Hall–Kier alpha value is -0.780. The zero-order valence-corrected chi connectivity index (χ0v) is 11.7. The van der Waals surface area contributed by atoms with Crippen molar-refractivity contribution in [2.45, 2.75) is 57.2 Å². The predicted octanol–water partition coefficient (Wildman–Crippen LogP) is 2.71. The maximum atomic E-state index is 12.8. The molecule has 0 spiro atoms. The first-order valence-electron chi connectivity index (χ1n) is 7.55. The molecule has 0 aromatic heterocycles. The number of nitrogens with zero attached hydrogens (tertiary/aromatic N) is 1. The van der Waals surface area contributed by atoms with Gasteiger partial charge >= 0.3 is 6.18 Å². The number of halogens is 3. The molecular weight excluding hydrogens is 269 g/mol. The van der Waals surface area contributed by atoms with E-state index in [2.05, 4.69) is 5.32 Å². The molecule has 0 unspecified atom stereocenters. The molecule has 116 valence electrons. The van der Waals surface area contributed by atoms with E-state index in [1.54, 1.807) is 0 Å². The van der Waals surface area contributed by atoms with Gasteiger partial charge in [-0.25, -0.2) is 0 Å². The van der Waals surface area contributed by atoms with Gasteiger partial charge < -0.3 is 10.2 Å². The lowest BCUT2D eigenvalue weighted by atomic mass is 9.87. The molecule has 2 aliphatic rings. The van der Waals surface area contributed by atoms with Crippen LogP contribution in [-0.2, 0) is 4.79 Å². The minimum absolute atomic E-state index is 0.194. The van der Waals surface area contributed by atoms with Gasteiger partial charge in [-0.3, -0.25) is 4.79 Å². The number of hydrogen-bond acceptors (Lipinski definition) is 2. The van der Waals surface area contributed by atoms with E-state index in [0.717, 1.165) is 37.0 Å². The van der Waals surface area contributed by atoms with Crippen LogP contribution in [0.4, 0.5) is 13.2 Å². The van der Waals surface area contributed by atoms with Crippen molar-refractivity contribution in [1.82, 2.24) is 10.2 Å². The van der Waals surface area contributed by atoms with Crippen LogP contribution in [0.5, 0.6) is 0 Å². The number of alkyl halides is 3. The molecule has 0 aromatic rings. The third-order valence-electron chi connectivity index (χ3n) is 4.34. The summed E-state index contributed by atoms with van der Waals surface area (Å²) >= 11 is 0. The number of rotatable bonds is 3. The predicted molar refractivity (Wildman–Crippen MR) is 70.2 cm³/mol. The molecule has 0 aromatic carbocycles. The first-order valence-corrected chi connectivity index (χ1v) is 7.55. The lowest BCUT2D eigenvalue weighted by Gasteiger charge is -2.38. The Kier molecular flexibility index (Phi) is 5.29. The van der Waals surface area contributed by atoms with E-state index in [0.29, 0.717) is 25.9 Å². The van der Waals surface area contributed by atoms with Crippen LogP contribution in [0.25, 0.3) is 0 Å². The van der Waals surface area contributed by atoms with Crippen LogP contribution in [0.1, 0.15) is 44.9 Å². The molecule has 6 heteroatoms. The number of hydrogen-bond donors (Lipinski definition) is 1. The summed E-state index contributed by atoms with van der Waals surface area (Å²) in [5.74, 6) is -0.463. The van der Waals surface area contributed by atoms with E-state index in [4.69, 9.17) is 0 Å². The monoisotopic (exact) mass is 292 g/mol. The van der Waals surface area contributed by atoms with Crippen molar-refractivity contribution in [3.8, 4) is 0 Å². The second-order valence-corrected chi connectivity index (χ2v) is 5.90. The number of nitrogens with one attached hydrogen (secondary N) is 1. The molecule has 1 saturated carbocycles. The first-order chi connectivity index (χ1) is 9.47. The summed E-state index contributed by atoms with van der Waals surface area (Å²) in [5.41, 5.74) is 0. The van der Waals surface area contributed by atoms with Crippen LogP contribution >= 0.6 is 0 Å². The van der Waals surface area contributed by atoms with Crippen LogP contribution in [0.2, 0.25) is 0 Å². The van der Waals surface area contributed by atoms with Crippen molar-refractivity contribution < 1.29 is 18.0 Å². The maximum Gasteiger partial charge on any atom is 0.406 e. The first kappa shape index (κ1) is 15.6. The fraction of sp³-hybridized carbons (Fsp3) is 0.929. The maximum absolute atomic E-state index is 12.8. The zero-order chi connectivity index (χ0) is 14.6. The highest BCUT2D eigenvalue weighted by Gasteiger charge is 2.39. The topological polar surface area (TPSA) is 32.3 Å². The van der Waals surface area contributed by atoms with Crippen molar-refractivity contribution in [2.24, 2.45) is 5.92 Å². The van der Waals surface area contributed by atoms with Crippen LogP contribution in [0, 0.1) is 5.92 Å². The average molecular weight is 292 g/mol. The second kappa shape index (κ2) is 6.78. The molecule has 1 heterocycles. The Balaban J connectivity index is 2.05. The van der Waals surface area contributed by atoms with Crippen molar-refractivity contribution in [1.29, 1.82) is 0 Å². The minimum atomic E-state index is -4.31. The fourth-order valence-corrected chi connectivity index (χ4v) is 3.28. The Bertz CT molecular complexity index is 321. The van der Waals surface area contributed by atoms with Gasteiger partial charge in [-0.05, 0) is 38.8 Å². The van der Waals surface area contributed by atoms with Crippen LogP contribution in [0.3, 0.4) is 0 Å². The highest BCUT2D eigenvalue weighted by Crippen LogP contribution is 2.29. The van der Waals surface area contributed by atoms with Gasteiger partial charge in [-0.2, -0.15) is 13.2 Å². The molecule has 0 radical (unpaired) electrons. The van der Waals surface area contributed by atoms with Gasteiger partial charge in [-0.15, -0.1) is 0 Å². The van der Waals surface area contributed by atoms with E-state index in [1.165, 1.54) is 0 Å². The molecule has 1 aliphatic carbocycles. The Morgan fingerprint density at radius 3 is 2.20 bits per heavy atom. The summed E-state index contributed by atoms with van der Waals surface area (Å²) in [6.07, 6.45) is 1.44. The normalized spacial score (nSPS) is 22.8. The lowest BCUT2D eigenvalue weighted by Crippen LogP contribution is -2.51. The molecular formula is C14H23F3N2O. The van der Waals surface area contributed by atoms with E-state index in [9.17, 15) is 18.0 Å². The molecule has 0 bridgehead atoms. The van der Waals surface area contributed by atoms with Gasteiger partial charge in [0.15, 0.2) is 0 Å². The Morgan fingerprint density at radius 1 is 1.05 bits per heavy atom. The smallest absolute Gasteiger partial charge is 0.330 e. The summed E-state index contributed by atoms with van der Waals surface area (Å²) in [7, 11) is 0. The molecule has 1 saturated heterocycles. The van der Waals surface area contributed by atoms with E-state index in [-0.39, 0.29) is 17.9 Å². The quantitative estimate of drug-likeness (QED) is 0.867. The summed E-state index contributed by atoms with van der Waals surface area (Å²) in [4.78, 5) is 13.6. The lowest BCUT2D eigenvalue weighted by molar-refractivity contribution is -0.170. The van der Waals surface area contributed by atoms with Crippen molar-refractivity contribution >= 4 is 5.91 Å². The third-order valence-corrected chi connectivity index (χ3v) is 4.34. The SMILES string of the molecule is O=C(C1CCCCC1)N(CC(F)(F)F)C1CCNCC1. The van der Waals surface area contributed by atoms with Crippen molar-refractivity contribution in [3.05, 3.63) is 0 Å². The number of piperidine rings is 1. The Morgan fingerprint density at radius 2 is 1.65 bits per heavy atom. The third kappa shape index (κ3) is 4.36. The van der Waals surface area contributed by atoms with Gasteiger partial charge in [0.2, 0.25) is 5.91 Å². The van der Waals surface area contributed by atoms with E-state index < -0.39 is 12.7 Å². The standard InChI is InChI=1S/C14H23F3N2O/c15-14(16,17)10-19(12-6-8-18-9-7-12)13(20)11-4-2-1-3-5-11/h11-12,18H,1-10H2. The van der Waals surface area contributed by atoms with Crippen molar-refractivity contribution in [3.63, 3.8) is 0 Å². The van der Waals surface area contributed by atoms with Crippen LogP contribution in [-0.4, -0.2) is 42.7 Å². The number of carbonyl (C=O) groups is 1. The van der Waals surface area contributed by atoms with Gasteiger partial charge in [0.25, 0.3) is 0 Å². The average Bonchev–Trinajstić information content (AvgIpc) is 2.45. The molecule has 2 rings (SSSR count). The summed E-state index contributed by atoms with van der Waals surface area (Å²) < 4.78 is 38.3. The van der Waals surface area contributed by atoms with Crippen LogP contribution in [0.15, 0.2) is 0 Å². The summed E-state index contributed by atoms with van der Waals surface area (Å²) in [6, 6.07) is -0.257. The summed E-state index contributed by atoms with van der Waals surface area (Å²) in [6.45, 7) is 0.293. The highest BCUT2D eigenvalue weighted by molar-refractivity contribution is 5.79. The minimum Gasteiger partial charge on any atom is -0.330 e. The molecule has 3 nitrogen and oxygen atoms in total. The molecule has 2 fully saturated rings. The van der Waals surface area contributed by atoms with Crippen LogP contribution < -0.4 is 5.32 Å². The largest absolute Gasteiger partial charge is 0.406 e. The molecule has 0 atom stereocenters. The summed E-state index contributed by atoms with van der Waals surface area (Å²) in [5, 5.41) is 3.13.